The molecule has 2 amide bonds. The number of carbonyl (C=O) groups excluding carboxylic acids is 2. The van der Waals surface area contributed by atoms with Crippen LogP contribution in [0.5, 0.6) is 5.75 Å². The lowest BCUT2D eigenvalue weighted by Gasteiger charge is -2.33. The van der Waals surface area contributed by atoms with Crippen molar-refractivity contribution in [1.29, 1.82) is 0 Å². The fourth-order valence-corrected chi connectivity index (χ4v) is 4.25. The van der Waals surface area contributed by atoms with Gasteiger partial charge in [-0.15, -0.1) is 0 Å². The quantitative estimate of drug-likeness (QED) is 0.645. The Balaban J connectivity index is 1.41. The van der Waals surface area contributed by atoms with Gasteiger partial charge in [0.15, 0.2) is 0 Å². The van der Waals surface area contributed by atoms with Crippen LogP contribution in [0.25, 0.3) is 5.57 Å². The molecule has 2 aliphatic rings. The first-order valence-corrected chi connectivity index (χ1v) is 12.0. The van der Waals surface area contributed by atoms with Crippen LogP contribution in [0.15, 0.2) is 30.3 Å². The van der Waals surface area contributed by atoms with Gasteiger partial charge < -0.3 is 24.8 Å². The molecule has 33 heavy (non-hydrogen) atoms. The second-order valence-corrected chi connectivity index (χ2v) is 9.96. The average Bonchev–Trinajstić information content (AvgIpc) is 2.81. The maximum absolute atomic E-state index is 12.2. The highest BCUT2D eigenvalue weighted by molar-refractivity contribution is 5.80. The summed E-state index contributed by atoms with van der Waals surface area (Å²) in [6.45, 7) is 8.00. The fraction of sp³-hybridized carbons (Fsp3) is 0.615. The van der Waals surface area contributed by atoms with Crippen LogP contribution in [0.3, 0.4) is 0 Å². The van der Waals surface area contributed by atoms with Gasteiger partial charge in [0, 0.05) is 25.6 Å². The molecule has 1 aliphatic carbocycles. The van der Waals surface area contributed by atoms with Crippen LogP contribution in [0, 0.1) is 11.8 Å². The first-order valence-electron chi connectivity index (χ1n) is 12.0. The smallest absolute Gasteiger partial charge is 0.410 e. The summed E-state index contributed by atoms with van der Waals surface area (Å²) in [4.78, 5) is 26.0. The Bertz CT molecular complexity index is 820. The normalized spacial score (nSPS) is 19.6. The number of aliphatic hydroxyl groups is 1. The molecule has 3 rings (SSSR count). The first-order chi connectivity index (χ1) is 15.7. The molecule has 0 spiro atoms. The van der Waals surface area contributed by atoms with E-state index in [1.165, 1.54) is 11.1 Å². The standard InChI is InChI=1S/C26H38N2O5/c1-26(2,3)33-25(31)28-15-12-19(13-16-28)18-32-23-10-8-21(9-11-23)20-4-6-22(7-5-20)24(30)27-14-17-29/h4,8-11,19,22,29H,5-7,12-18H2,1-3H3,(H,27,30). The summed E-state index contributed by atoms with van der Waals surface area (Å²) >= 11 is 0. The molecule has 1 aromatic carbocycles. The van der Waals surface area contributed by atoms with Crippen LogP contribution in [0.4, 0.5) is 4.79 Å². The van der Waals surface area contributed by atoms with Gasteiger partial charge in [0.05, 0.1) is 13.2 Å². The number of hydrogen-bond donors (Lipinski definition) is 2. The Morgan fingerprint density at radius 3 is 2.39 bits per heavy atom. The van der Waals surface area contributed by atoms with E-state index >= 15 is 0 Å². The van der Waals surface area contributed by atoms with Crippen LogP contribution in [-0.2, 0) is 9.53 Å². The van der Waals surface area contributed by atoms with Crippen molar-refractivity contribution in [2.75, 3.05) is 32.8 Å². The third-order valence-electron chi connectivity index (χ3n) is 6.17. The third kappa shape index (κ3) is 7.77. The molecule has 0 saturated carbocycles. The molecule has 1 aromatic rings. The molecule has 1 saturated heterocycles. The van der Waals surface area contributed by atoms with Crippen molar-refractivity contribution in [3.8, 4) is 5.75 Å². The number of hydrogen-bond acceptors (Lipinski definition) is 5. The molecule has 1 atom stereocenters. The van der Waals surface area contributed by atoms with Gasteiger partial charge in [-0.05, 0) is 82.1 Å². The highest BCUT2D eigenvalue weighted by Crippen LogP contribution is 2.31. The zero-order valence-corrected chi connectivity index (χ0v) is 20.1. The number of benzene rings is 1. The Morgan fingerprint density at radius 1 is 1.12 bits per heavy atom. The van der Waals surface area contributed by atoms with Gasteiger partial charge in [0.25, 0.3) is 0 Å². The number of likely N-dealkylation sites (tertiary alicyclic amines) is 1. The SMILES string of the molecule is CC(C)(C)OC(=O)N1CCC(COc2ccc(C3=CCC(C(=O)NCCO)CC3)cc2)CC1. The summed E-state index contributed by atoms with van der Waals surface area (Å²) in [6, 6.07) is 8.18. The lowest BCUT2D eigenvalue weighted by atomic mass is 9.86. The zero-order chi connectivity index (χ0) is 23.8. The summed E-state index contributed by atoms with van der Waals surface area (Å²) in [6.07, 6.45) is 6.17. The summed E-state index contributed by atoms with van der Waals surface area (Å²) in [5.41, 5.74) is 1.97. The van der Waals surface area contributed by atoms with Gasteiger partial charge in [-0.25, -0.2) is 4.79 Å². The van der Waals surface area contributed by atoms with Gasteiger partial charge >= 0.3 is 6.09 Å². The van der Waals surface area contributed by atoms with E-state index in [-0.39, 0.29) is 24.5 Å². The predicted molar refractivity (Wildman–Crippen MR) is 128 cm³/mol. The molecular formula is C26H38N2O5. The number of aliphatic hydroxyl groups excluding tert-OH is 1. The molecule has 0 bridgehead atoms. The lowest BCUT2D eigenvalue weighted by Crippen LogP contribution is -2.42. The van der Waals surface area contributed by atoms with Crippen molar-refractivity contribution in [2.45, 2.75) is 58.5 Å². The molecule has 1 aliphatic heterocycles. The van der Waals surface area contributed by atoms with Crippen molar-refractivity contribution in [3.63, 3.8) is 0 Å². The number of nitrogens with one attached hydrogen (secondary N) is 1. The maximum Gasteiger partial charge on any atom is 0.410 e. The number of piperidine rings is 1. The predicted octanol–water partition coefficient (Wildman–Crippen LogP) is 4.00. The van der Waals surface area contributed by atoms with Gasteiger partial charge in [0.2, 0.25) is 5.91 Å². The molecule has 182 valence electrons. The number of amides is 2. The summed E-state index contributed by atoms with van der Waals surface area (Å²) in [7, 11) is 0. The van der Waals surface area contributed by atoms with E-state index in [9.17, 15) is 9.59 Å². The van der Waals surface area contributed by atoms with Crippen LogP contribution < -0.4 is 10.1 Å². The van der Waals surface area contributed by atoms with E-state index in [0.29, 0.717) is 32.2 Å². The average molecular weight is 459 g/mol. The minimum Gasteiger partial charge on any atom is -0.493 e. The number of rotatable bonds is 7. The fourth-order valence-electron chi connectivity index (χ4n) is 4.25. The Labute approximate surface area is 197 Å². The van der Waals surface area contributed by atoms with E-state index in [2.05, 4.69) is 23.5 Å². The van der Waals surface area contributed by atoms with Crippen LogP contribution >= 0.6 is 0 Å². The van der Waals surface area contributed by atoms with Gasteiger partial charge in [-0.1, -0.05) is 18.2 Å². The zero-order valence-electron chi connectivity index (χ0n) is 20.1. The minimum absolute atomic E-state index is 0.00959. The summed E-state index contributed by atoms with van der Waals surface area (Å²) < 4.78 is 11.5. The minimum atomic E-state index is -0.465. The van der Waals surface area contributed by atoms with Crippen molar-refractivity contribution in [2.24, 2.45) is 11.8 Å². The van der Waals surface area contributed by atoms with Crippen LogP contribution in [0.2, 0.25) is 0 Å². The van der Waals surface area contributed by atoms with Gasteiger partial charge in [-0.3, -0.25) is 4.79 Å². The van der Waals surface area contributed by atoms with Crippen molar-refractivity contribution < 1.29 is 24.2 Å². The van der Waals surface area contributed by atoms with Gasteiger partial charge in [0.1, 0.15) is 11.4 Å². The Morgan fingerprint density at radius 2 is 1.82 bits per heavy atom. The summed E-state index contributed by atoms with van der Waals surface area (Å²) in [5.74, 6) is 1.30. The molecule has 1 unspecified atom stereocenters. The molecule has 1 heterocycles. The maximum atomic E-state index is 12.2. The number of nitrogens with zero attached hydrogens (tertiary/aromatic N) is 1. The highest BCUT2D eigenvalue weighted by Gasteiger charge is 2.27. The molecule has 1 fully saturated rings. The van der Waals surface area contributed by atoms with Crippen molar-refractivity contribution in [3.05, 3.63) is 35.9 Å². The molecule has 7 nitrogen and oxygen atoms in total. The van der Waals surface area contributed by atoms with E-state index in [1.54, 1.807) is 4.90 Å². The molecule has 7 heteroatoms. The molecule has 0 radical (unpaired) electrons. The lowest BCUT2D eigenvalue weighted by molar-refractivity contribution is -0.125. The first kappa shape index (κ1) is 25.1. The molecular weight excluding hydrogens is 420 g/mol. The number of ether oxygens (including phenoxy) is 2. The largest absolute Gasteiger partial charge is 0.493 e. The molecule has 2 N–H and O–H groups in total. The van der Waals surface area contributed by atoms with Crippen molar-refractivity contribution >= 4 is 17.6 Å². The summed E-state index contributed by atoms with van der Waals surface area (Å²) in [5, 5.41) is 11.6. The van der Waals surface area contributed by atoms with Crippen molar-refractivity contribution in [1.82, 2.24) is 10.2 Å². The Hall–Kier alpha value is -2.54. The Kier molecular flexibility index (Phi) is 8.78. The van der Waals surface area contributed by atoms with E-state index < -0.39 is 5.60 Å². The second kappa shape index (κ2) is 11.5. The topological polar surface area (TPSA) is 88.1 Å². The third-order valence-corrected chi connectivity index (χ3v) is 6.17. The van der Waals surface area contributed by atoms with Crippen LogP contribution in [-0.4, -0.2) is 60.5 Å². The van der Waals surface area contributed by atoms with E-state index in [0.717, 1.165) is 37.9 Å². The van der Waals surface area contributed by atoms with Gasteiger partial charge in [-0.2, -0.15) is 0 Å². The number of allylic oxidation sites excluding steroid dienone is 2. The second-order valence-electron chi connectivity index (χ2n) is 9.96. The monoisotopic (exact) mass is 458 g/mol. The highest BCUT2D eigenvalue weighted by atomic mass is 16.6. The number of carbonyl (C=O) groups is 2. The van der Waals surface area contributed by atoms with Crippen LogP contribution in [0.1, 0.15) is 58.4 Å². The van der Waals surface area contributed by atoms with E-state index in [1.807, 2.05) is 32.9 Å². The van der Waals surface area contributed by atoms with E-state index in [4.69, 9.17) is 14.6 Å². The molecule has 0 aromatic heterocycles.